The summed E-state index contributed by atoms with van der Waals surface area (Å²) in [5.74, 6) is 0.880. The monoisotopic (exact) mass is 454 g/mol. The molecule has 0 saturated carbocycles. The van der Waals surface area contributed by atoms with Gasteiger partial charge in [-0.25, -0.2) is 0 Å². The van der Waals surface area contributed by atoms with Crippen LogP contribution >= 0.6 is 22.6 Å². The van der Waals surface area contributed by atoms with Crippen LogP contribution in [0.2, 0.25) is 0 Å². The molecule has 0 unspecified atom stereocenters. The van der Waals surface area contributed by atoms with Gasteiger partial charge in [-0.05, 0) is 68.3 Å². The predicted octanol–water partition coefficient (Wildman–Crippen LogP) is 6.56. The molecule has 0 aliphatic carbocycles. The van der Waals surface area contributed by atoms with E-state index in [0.29, 0.717) is 0 Å². The first-order valence-electron chi connectivity index (χ1n) is 8.52. The number of fused-ring (bicyclic) bond motifs is 2. The zero-order valence-corrected chi connectivity index (χ0v) is 16.9. The molecule has 4 aromatic carbocycles. The molecule has 3 heteroatoms. The first kappa shape index (κ1) is 17.3. The molecule has 0 aliphatic heterocycles. The van der Waals surface area contributed by atoms with Gasteiger partial charge < -0.3 is 9.47 Å². The second kappa shape index (κ2) is 7.25. The van der Waals surface area contributed by atoms with Gasteiger partial charge in [0.2, 0.25) is 0 Å². The lowest BCUT2D eigenvalue weighted by molar-refractivity contribution is 0.0510. The van der Waals surface area contributed by atoms with Crippen LogP contribution in [0.4, 0.5) is 0 Å². The molecule has 0 bridgehead atoms. The van der Waals surface area contributed by atoms with Crippen LogP contribution in [0.3, 0.4) is 0 Å². The number of benzene rings is 4. The minimum Gasteiger partial charge on any atom is -0.466 e. The summed E-state index contributed by atoms with van der Waals surface area (Å²) in [5.41, 5.74) is 3.60. The molecule has 0 aromatic heterocycles. The van der Waals surface area contributed by atoms with Crippen LogP contribution < -0.4 is 4.74 Å². The Morgan fingerprint density at radius 3 is 2.19 bits per heavy atom. The molecule has 130 valence electrons. The predicted molar refractivity (Wildman–Crippen MR) is 117 cm³/mol. The number of methoxy groups -OCH3 is 1. The van der Waals surface area contributed by atoms with Crippen molar-refractivity contribution in [1.82, 2.24) is 0 Å². The normalized spacial score (nSPS) is 11.2. The molecular formula is C23H19IO2. The number of hydrogen-bond acceptors (Lipinski definition) is 2. The van der Waals surface area contributed by atoms with E-state index in [2.05, 4.69) is 96.2 Å². The van der Waals surface area contributed by atoms with Crippen LogP contribution in [0, 0.1) is 10.5 Å². The van der Waals surface area contributed by atoms with Gasteiger partial charge >= 0.3 is 0 Å². The maximum absolute atomic E-state index is 6.05. The van der Waals surface area contributed by atoms with Crippen molar-refractivity contribution in [1.29, 1.82) is 0 Å². The second-order valence-corrected chi connectivity index (χ2v) is 7.48. The maximum atomic E-state index is 6.05. The lowest BCUT2D eigenvalue weighted by Crippen LogP contribution is -2.03. The Bertz CT molecular complexity index is 1100. The fourth-order valence-corrected chi connectivity index (χ4v) is 4.27. The molecule has 4 aromatic rings. The third kappa shape index (κ3) is 2.95. The van der Waals surface area contributed by atoms with Crippen LogP contribution in [0.25, 0.3) is 32.7 Å². The summed E-state index contributed by atoms with van der Waals surface area (Å²) in [5, 5.41) is 4.87. The van der Waals surface area contributed by atoms with Crippen LogP contribution in [-0.2, 0) is 4.74 Å². The molecule has 0 radical (unpaired) electrons. The lowest BCUT2D eigenvalue weighted by Gasteiger charge is -2.19. The first-order chi connectivity index (χ1) is 12.7. The summed E-state index contributed by atoms with van der Waals surface area (Å²) in [6.07, 6.45) is 0. The molecule has 0 fully saturated rings. The molecule has 0 saturated heterocycles. The molecule has 2 nitrogen and oxygen atoms in total. The third-order valence-corrected chi connectivity index (χ3v) is 5.47. The zero-order chi connectivity index (χ0) is 18.1. The quantitative estimate of drug-likeness (QED) is 0.257. The van der Waals surface area contributed by atoms with Crippen LogP contribution in [0.1, 0.15) is 5.56 Å². The summed E-state index contributed by atoms with van der Waals surface area (Å²) in [7, 11) is 1.65. The van der Waals surface area contributed by atoms with Gasteiger partial charge in [-0.3, -0.25) is 0 Å². The van der Waals surface area contributed by atoms with Gasteiger partial charge in [0.25, 0.3) is 0 Å². The Morgan fingerprint density at radius 1 is 0.808 bits per heavy atom. The van der Waals surface area contributed by atoms with Crippen molar-refractivity contribution in [3.05, 3.63) is 75.9 Å². The molecule has 4 rings (SSSR count). The van der Waals surface area contributed by atoms with Crippen LogP contribution in [-0.4, -0.2) is 13.9 Å². The van der Waals surface area contributed by atoms with E-state index in [0.717, 1.165) is 14.9 Å². The number of aryl methyl sites for hydroxylation is 1. The van der Waals surface area contributed by atoms with Gasteiger partial charge in [0.05, 0.1) is 3.57 Å². The lowest BCUT2D eigenvalue weighted by atomic mass is 9.90. The van der Waals surface area contributed by atoms with Crippen LogP contribution in [0.5, 0.6) is 5.75 Å². The molecule has 0 atom stereocenters. The van der Waals surface area contributed by atoms with Gasteiger partial charge in [0.1, 0.15) is 5.75 Å². The minimum absolute atomic E-state index is 0.227. The molecular weight excluding hydrogens is 435 g/mol. The van der Waals surface area contributed by atoms with Crippen LogP contribution in [0.15, 0.2) is 66.7 Å². The molecule has 0 amide bonds. The Hall–Kier alpha value is -2.11. The van der Waals surface area contributed by atoms with Crippen molar-refractivity contribution in [2.24, 2.45) is 0 Å². The summed E-state index contributed by atoms with van der Waals surface area (Å²) in [4.78, 5) is 0. The summed E-state index contributed by atoms with van der Waals surface area (Å²) < 4.78 is 12.3. The van der Waals surface area contributed by atoms with Gasteiger partial charge in [0, 0.05) is 12.7 Å². The van der Waals surface area contributed by atoms with Gasteiger partial charge in [-0.2, -0.15) is 0 Å². The third-order valence-electron chi connectivity index (χ3n) is 4.66. The fourth-order valence-electron chi connectivity index (χ4n) is 3.51. The SMILES string of the molecule is COCOc1c(I)cc2ccccc2c1-c1c(C)ccc2ccccc12. The molecule has 0 aliphatic rings. The largest absolute Gasteiger partial charge is 0.466 e. The number of rotatable bonds is 4. The average molecular weight is 454 g/mol. The highest BCUT2D eigenvalue weighted by molar-refractivity contribution is 14.1. The van der Waals surface area contributed by atoms with E-state index in [1.54, 1.807) is 7.11 Å². The summed E-state index contributed by atoms with van der Waals surface area (Å²) >= 11 is 2.36. The Labute approximate surface area is 166 Å². The van der Waals surface area contributed by atoms with Crippen molar-refractivity contribution < 1.29 is 9.47 Å². The maximum Gasteiger partial charge on any atom is 0.188 e. The van der Waals surface area contributed by atoms with E-state index >= 15 is 0 Å². The minimum atomic E-state index is 0.227. The van der Waals surface area contributed by atoms with Crippen molar-refractivity contribution in [2.45, 2.75) is 6.92 Å². The Kier molecular flexibility index (Phi) is 4.83. The van der Waals surface area contributed by atoms with Gasteiger partial charge in [-0.1, -0.05) is 60.7 Å². The summed E-state index contributed by atoms with van der Waals surface area (Å²) in [6.45, 7) is 2.39. The number of hydrogen-bond donors (Lipinski definition) is 0. The topological polar surface area (TPSA) is 18.5 Å². The number of halogens is 1. The highest BCUT2D eigenvalue weighted by Gasteiger charge is 2.19. The van der Waals surface area contributed by atoms with E-state index in [1.807, 2.05) is 0 Å². The van der Waals surface area contributed by atoms with Crippen molar-refractivity contribution in [2.75, 3.05) is 13.9 Å². The number of ether oxygens (including phenoxy) is 2. The average Bonchev–Trinajstić information content (AvgIpc) is 2.66. The van der Waals surface area contributed by atoms with Crippen molar-refractivity contribution in [3.63, 3.8) is 0 Å². The van der Waals surface area contributed by atoms with E-state index in [1.165, 1.54) is 32.7 Å². The molecule has 0 heterocycles. The molecule has 26 heavy (non-hydrogen) atoms. The fraction of sp³-hybridized carbons (Fsp3) is 0.130. The highest BCUT2D eigenvalue weighted by Crippen LogP contribution is 2.44. The van der Waals surface area contributed by atoms with Gasteiger partial charge in [-0.15, -0.1) is 0 Å². The van der Waals surface area contributed by atoms with E-state index < -0.39 is 0 Å². The Balaban J connectivity index is 2.15. The first-order valence-corrected chi connectivity index (χ1v) is 9.60. The molecule has 0 N–H and O–H groups in total. The Morgan fingerprint density at radius 2 is 1.46 bits per heavy atom. The standard InChI is InChI=1S/C23H19IO2/c1-15-11-12-16-7-3-5-9-18(16)21(15)22-19-10-6-4-8-17(19)13-20(24)23(22)26-14-25-2/h3-13H,14H2,1-2H3. The van der Waals surface area contributed by atoms with E-state index in [4.69, 9.17) is 9.47 Å². The van der Waals surface area contributed by atoms with E-state index in [-0.39, 0.29) is 6.79 Å². The zero-order valence-electron chi connectivity index (χ0n) is 14.8. The molecule has 0 spiro atoms. The van der Waals surface area contributed by atoms with Gasteiger partial charge in [0.15, 0.2) is 6.79 Å². The highest BCUT2D eigenvalue weighted by atomic mass is 127. The van der Waals surface area contributed by atoms with Crippen molar-refractivity contribution >= 4 is 44.1 Å². The second-order valence-electron chi connectivity index (χ2n) is 6.31. The summed E-state index contributed by atoms with van der Waals surface area (Å²) in [6, 6.07) is 23.5. The smallest absolute Gasteiger partial charge is 0.188 e. The van der Waals surface area contributed by atoms with E-state index in [9.17, 15) is 0 Å². The van der Waals surface area contributed by atoms with Crippen molar-refractivity contribution in [3.8, 4) is 16.9 Å².